The van der Waals surface area contributed by atoms with Crippen molar-refractivity contribution in [1.29, 1.82) is 0 Å². The third-order valence-corrected chi connectivity index (χ3v) is 8.20. The minimum atomic E-state index is -0.360. The number of rotatable bonds is 0. The van der Waals surface area contributed by atoms with Crippen molar-refractivity contribution in [1.82, 2.24) is 0 Å². The molecule has 6 aliphatic carbocycles. The van der Waals surface area contributed by atoms with Gasteiger partial charge in [-0.3, -0.25) is 19.2 Å². The fraction of sp³-hybridized carbons (Fsp3) is 0.778. The molecule has 0 radical (unpaired) electrons. The summed E-state index contributed by atoms with van der Waals surface area (Å²) in [5.41, 5.74) is 0. The lowest BCUT2D eigenvalue weighted by Crippen LogP contribution is -2.63. The van der Waals surface area contributed by atoms with Gasteiger partial charge in [-0.15, -0.1) is 0 Å². The molecule has 24 heavy (non-hydrogen) atoms. The van der Waals surface area contributed by atoms with E-state index >= 15 is 0 Å². The van der Waals surface area contributed by atoms with Crippen LogP contribution in [0.2, 0.25) is 0 Å². The summed E-state index contributed by atoms with van der Waals surface area (Å²) >= 11 is 0. The highest BCUT2D eigenvalue weighted by Gasteiger charge is 2.72. The maximum absolute atomic E-state index is 12.2. The zero-order chi connectivity index (χ0) is 16.3. The number of cyclic esters (lactones) is 4. The van der Waals surface area contributed by atoms with Crippen molar-refractivity contribution in [2.24, 2.45) is 59.2 Å². The molecule has 2 heterocycles. The van der Waals surface area contributed by atoms with Crippen LogP contribution in [0, 0.1) is 59.2 Å². The summed E-state index contributed by atoms with van der Waals surface area (Å²) in [6.45, 7) is 0. The predicted molar refractivity (Wildman–Crippen MR) is 75.6 cm³/mol. The van der Waals surface area contributed by atoms with Gasteiger partial charge in [0.2, 0.25) is 0 Å². The van der Waals surface area contributed by atoms with Gasteiger partial charge in [0, 0.05) is 0 Å². The van der Waals surface area contributed by atoms with Gasteiger partial charge in [-0.05, 0) is 61.2 Å². The average Bonchev–Trinajstić information content (AvgIpc) is 3.07. The average molecular weight is 330 g/mol. The molecule has 8 unspecified atom stereocenters. The highest BCUT2D eigenvalue weighted by molar-refractivity contribution is 5.98. The Morgan fingerprint density at radius 2 is 0.750 bits per heavy atom. The van der Waals surface area contributed by atoms with E-state index in [4.69, 9.17) is 9.47 Å². The van der Waals surface area contributed by atoms with Crippen molar-refractivity contribution in [3.8, 4) is 0 Å². The topological polar surface area (TPSA) is 86.7 Å². The van der Waals surface area contributed by atoms with Gasteiger partial charge < -0.3 is 9.47 Å². The van der Waals surface area contributed by atoms with Crippen molar-refractivity contribution in [3.05, 3.63) is 0 Å². The molecule has 8 aliphatic rings. The Morgan fingerprint density at radius 3 is 1.00 bits per heavy atom. The standard InChI is InChI=1S/C18H18O6/c19-15-11-5-1-2-6(12(11)16(20)23-15)10-8-4-3-7(9(5)10)13-14(8)18(22)24-17(13)21/h5-14H,1-4H2. The maximum atomic E-state index is 12.2. The Balaban J connectivity index is 1.49. The highest BCUT2D eigenvalue weighted by Crippen LogP contribution is 2.69. The number of fused-ring (bicyclic) bond motifs is 2. The lowest BCUT2D eigenvalue weighted by Gasteiger charge is -2.64. The summed E-state index contributed by atoms with van der Waals surface area (Å²) in [6, 6.07) is 0. The summed E-state index contributed by atoms with van der Waals surface area (Å²) in [7, 11) is 0. The predicted octanol–water partition coefficient (Wildman–Crippen LogP) is 0.930. The number of hydrogen-bond acceptors (Lipinski definition) is 6. The molecule has 0 amide bonds. The molecular formula is C18H18O6. The lowest BCUT2D eigenvalue weighted by atomic mass is 9.38. The molecule has 6 saturated carbocycles. The summed E-state index contributed by atoms with van der Waals surface area (Å²) in [4.78, 5) is 49.0. The van der Waals surface area contributed by atoms with E-state index in [9.17, 15) is 19.2 Å². The smallest absolute Gasteiger partial charge is 0.317 e. The van der Waals surface area contributed by atoms with Crippen LogP contribution in [-0.2, 0) is 28.7 Å². The first-order valence-electron chi connectivity index (χ1n) is 9.09. The second kappa shape index (κ2) is 4.09. The van der Waals surface area contributed by atoms with Gasteiger partial charge in [-0.25, -0.2) is 0 Å². The van der Waals surface area contributed by atoms with Gasteiger partial charge in [-0.1, -0.05) is 0 Å². The Labute approximate surface area is 138 Å². The van der Waals surface area contributed by atoms with Gasteiger partial charge in [0.1, 0.15) is 0 Å². The number of hydrogen-bond donors (Lipinski definition) is 0. The van der Waals surface area contributed by atoms with Gasteiger partial charge >= 0.3 is 23.9 Å². The number of carbonyl (C=O) groups is 4. The first kappa shape index (κ1) is 13.6. The molecule has 0 spiro atoms. The molecule has 0 aromatic rings. The molecule has 2 saturated heterocycles. The largest absolute Gasteiger partial charge is 0.393 e. The molecule has 8 fully saturated rings. The quantitative estimate of drug-likeness (QED) is 0.485. The van der Waals surface area contributed by atoms with Crippen LogP contribution < -0.4 is 0 Å². The highest BCUT2D eigenvalue weighted by atomic mass is 16.6. The summed E-state index contributed by atoms with van der Waals surface area (Å²) in [6.07, 6.45) is 3.72. The summed E-state index contributed by atoms with van der Waals surface area (Å²) in [5, 5.41) is 0. The van der Waals surface area contributed by atoms with Crippen molar-refractivity contribution >= 4 is 23.9 Å². The van der Waals surface area contributed by atoms with Crippen molar-refractivity contribution in [2.75, 3.05) is 0 Å². The van der Waals surface area contributed by atoms with Crippen LogP contribution in [0.25, 0.3) is 0 Å². The van der Waals surface area contributed by atoms with Crippen LogP contribution in [0.15, 0.2) is 0 Å². The van der Waals surface area contributed by atoms with E-state index in [1.54, 1.807) is 0 Å². The normalized spacial score (nSPS) is 56.7. The van der Waals surface area contributed by atoms with Crippen molar-refractivity contribution in [3.63, 3.8) is 0 Å². The third-order valence-electron chi connectivity index (χ3n) is 8.20. The summed E-state index contributed by atoms with van der Waals surface area (Å²) < 4.78 is 9.97. The molecule has 2 aliphatic heterocycles. The fourth-order valence-corrected chi connectivity index (χ4v) is 7.81. The van der Waals surface area contributed by atoms with Crippen LogP contribution in [0.5, 0.6) is 0 Å². The lowest BCUT2D eigenvalue weighted by molar-refractivity contribution is -0.192. The van der Waals surface area contributed by atoms with E-state index in [0.717, 1.165) is 25.7 Å². The van der Waals surface area contributed by atoms with E-state index in [1.807, 2.05) is 0 Å². The van der Waals surface area contributed by atoms with Gasteiger partial charge in [0.15, 0.2) is 0 Å². The van der Waals surface area contributed by atoms with Crippen LogP contribution >= 0.6 is 0 Å². The monoisotopic (exact) mass is 330 g/mol. The Bertz CT molecular complexity index is 596. The fourth-order valence-electron chi connectivity index (χ4n) is 7.81. The number of carbonyl (C=O) groups excluding carboxylic acids is 4. The second-order valence-corrected chi connectivity index (χ2v) is 8.55. The molecule has 6 heteroatoms. The minimum Gasteiger partial charge on any atom is -0.393 e. The van der Waals surface area contributed by atoms with E-state index < -0.39 is 0 Å². The molecule has 0 aromatic carbocycles. The molecule has 0 N–H and O–H groups in total. The first-order valence-corrected chi connectivity index (χ1v) is 9.09. The van der Waals surface area contributed by atoms with Gasteiger partial charge in [0.25, 0.3) is 0 Å². The van der Waals surface area contributed by atoms with Gasteiger partial charge in [0.05, 0.1) is 23.7 Å². The Hall–Kier alpha value is -1.72. The molecule has 8 rings (SSSR count). The van der Waals surface area contributed by atoms with Gasteiger partial charge in [-0.2, -0.15) is 0 Å². The Kier molecular flexibility index (Phi) is 2.31. The van der Waals surface area contributed by atoms with Crippen molar-refractivity contribution in [2.45, 2.75) is 25.7 Å². The summed E-state index contributed by atoms with van der Waals surface area (Å²) in [5.74, 6) is -1.67. The SMILES string of the molecule is O=C1OC(=O)C2C3CCC(C12)C1C2CCC(C4C(=O)OC(=O)C24)C31. The minimum absolute atomic E-state index is 0.126. The van der Waals surface area contributed by atoms with E-state index in [2.05, 4.69) is 0 Å². The second-order valence-electron chi connectivity index (χ2n) is 8.55. The molecule has 0 aromatic heterocycles. The molecule has 6 nitrogen and oxygen atoms in total. The number of esters is 4. The first-order chi connectivity index (χ1) is 11.6. The van der Waals surface area contributed by atoms with Crippen LogP contribution in [0.3, 0.4) is 0 Å². The molecule has 4 bridgehead atoms. The van der Waals surface area contributed by atoms with Crippen molar-refractivity contribution < 1.29 is 28.7 Å². The number of ether oxygens (including phenoxy) is 2. The third kappa shape index (κ3) is 1.30. The maximum Gasteiger partial charge on any atom is 0.317 e. The van der Waals surface area contributed by atoms with E-state index in [0.29, 0.717) is 0 Å². The molecule has 8 atom stereocenters. The Morgan fingerprint density at radius 1 is 0.500 bits per heavy atom. The van der Waals surface area contributed by atoms with Crippen LogP contribution in [0.4, 0.5) is 0 Å². The zero-order valence-electron chi connectivity index (χ0n) is 13.1. The van der Waals surface area contributed by atoms with Crippen LogP contribution in [-0.4, -0.2) is 23.9 Å². The van der Waals surface area contributed by atoms with E-state index in [1.165, 1.54) is 0 Å². The van der Waals surface area contributed by atoms with E-state index in [-0.39, 0.29) is 83.1 Å². The molecule has 126 valence electrons. The van der Waals surface area contributed by atoms with Crippen LogP contribution in [0.1, 0.15) is 25.7 Å². The molecular weight excluding hydrogens is 312 g/mol. The zero-order valence-corrected chi connectivity index (χ0v) is 13.1.